The van der Waals surface area contributed by atoms with Crippen LogP contribution in [0.1, 0.15) is 0 Å². The molecule has 56 valence electrons. The first-order valence-corrected chi connectivity index (χ1v) is 3.25. The van der Waals surface area contributed by atoms with E-state index < -0.39 is 0 Å². The predicted octanol–water partition coefficient (Wildman–Crippen LogP) is 0.966. The van der Waals surface area contributed by atoms with E-state index in [9.17, 15) is 0 Å². The molecule has 0 fully saturated rings. The van der Waals surface area contributed by atoms with Crippen LogP contribution in [0, 0.1) is 0 Å². The number of H-pyrrole nitrogens is 1. The third-order valence-electron chi connectivity index (χ3n) is 1.53. The largest absolute Gasteiger partial charge is 0.497 e. The normalized spacial score (nSPS) is 10.3. The number of ether oxygens (including phenoxy) is 1. The summed E-state index contributed by atoms with van der Waals surface area (Å²) in [6, 6.07) is 5.58. The second kappa shape index (κ2) is 2.23. The number of benzene rings is 1. The first kappa shape index (κ1) is 6.15. The zero-order valence-corrected chi connectivity index (χ0v) is 6.03. The maximum absolute atomic E-state index is 5.01. The van der Waals surface area contributed by atoms with Crippen molar-refractivity contribution in [3.63, 3.8) is 0 Å². The molecule has 0 spiro atoms. The van der Waals surface area contributed by atoms with Crippen molar-refractivity contribution in [3.8, 4) is 5.75 Å². The number of rotatable bonds is 1. The summed E-state index contributed by atoms with van der Waals surface area (Å²) in [5.74, 6) is 0.798. The molecule has 0 saturated heterocycles. The number of hydrogen-bond acceptors (Lipinski definition) is 3. The molecule has 0 saturated carbocycles. The van der Waals surface area contributed by atoms with Crippen LogP contribution in [-0.2, 0) is 0 Å². The van der Waals surface area contributed by atoms with Gasteiger partial charge in [0.1, 0.15) is 11.3 Å². The molecule has 2 aromatic rings. The fraction of sp³-hybridized carbons (Fsp3) is 0.143. The monoisotopic (exact) mass is 149 g/mol. The molecule has 2 rings (SSSR count). The van der Waals surface area contributed by atoms with E-state index in [4.69, 9.17) is 4.74 Å². The van der Waals surface area contributed by atoms with Crippen molar-refractivity contribution in [1.29, 1.82) is 0 Å². The zero-order chi connectivity index (χ0) is 7.68. The third kappa shape index (κ3) is 0.920. The van der Waals surface area contributed by atoms with Crippen molar-refractivity contribution < 1.29 is 4.74 Å². The Morgan fingerprint density at radius 2 is 2.36 bits per heavy atom. The number of aromatic amines is 1. The van der Waals surface area contributed by atoms with Crippen LogP contribution >= 0.6 is 0 Å². The molecule has 0 aliphatic carbocycles. The molecule has 0 amide bonds. The molecule has 0 bridgehead atoms. The quantitative estimate of drug-likeness (QED) is 0.657. The number of hydrogen-bond donors (Lipinski definition) is 1. The van der Waals surface area contributed by atoms with E-state index in [1.54, 1.807) is 7.11 Å². The van der Waals surface area contributed by atoms with Gasteiger partial charge in [-0.2, -0.15) is 0 Å². The zero-order valence-electron chi connectivity index (χ0n) is 6.03. The van der Waals surface area contributed by atoms with Gasteiger partial charge in [0.15, 0.2) is 0 Å². The Kier molecular flexibility index (Phi) is 1.25. The Balaban J connectivity index is 2.67. The van der Waals surface area contributed by atoms with Crippen molar-refractivity contribution >= 4 is 11.0 Å². The van der Waals surface area contributed by atoms with Gasteiger partial charge < -0.3 is 4.74 Å². The Labute approximate surface area is 63.2 Å². The molecule has 11 heavy (non-hydrogen) atoms. The Hall–Kier alpha value is -1.58. The molecule has 1 aromatic heterocycles. The lowest BCUT2D eigenvalue weighted by Gasteiger charge is -1.95. The van der Waals surface area contributed by atoms with Crippen LogP contribution in [0.15, 0.2) is 18.2 Å². The molecule has 0 unspecified atom stereocenters. The second-order valence-corrected chi connectivity index (χ2v) is 2.19. The van der Waals surface area contributed by atoms with Gasteiger partial charge in [0, 0.05) is 6.07 Å². The molecular weight excluding hydrogens is 142 g/mol. The highest BCUT2D eigenvalue weighted by atomic mass is 16.5. The SMILES string of the molecule is COc1ccc2[nH]nnc2c1. The van der Waals surface area contributed by atoms with Crippen LogP contribution in [0.4, 0.5) is 0 Å². The summed E-state index contributed by atoms with van der Waals surface area (Å²) < 4.78 is 5.01. The highest BCUT2D eigenvalue weighted by molar-refractivity contribution is 5.74. The number of nitrogens with one attached hydrogen (secondary N) is 1. The van der Waals surface area contributed by atoms with Crippen molar-refractivity contribution in [1.82, 2.24) is 15.4 Å². The Morgan fingerprint density at radius 1 is 1.45 bits per heavy atom. The van der Waals surface area contributed by atoms with E-state index in [2.05, 4.69) is 15.4 Å². The van der Waals surface area contributed by atoms with Crippen LogP contribution in [0.5, 0.6) is 5.75 Å². The van der Waals surface area contributed by atoms with Crippen molar-refractivity contribution in [3.05, 3.63) is 18.2 Å². The lowest BCUT2D eigenvalue weighted by atomic mass is 10.3. The number of nitrogens with zero attached hydrogens (tertiary/aromatic N) is 2. The van der Waals surface area contributed by atoms with Gasteiger partial charge >= 0.3 is 0 Å². The first-order valence-electron chi connectivity index (χ1n) is 3.25. The molecule has 4 heteroatoms. The smallest absolute Gasteiger partial charge is 0.121 e. The van der Waals surface area contributed by atoms with Crippen molar-refractivity contribution in [2.45, 2.75) is 0 Å². The standard InChI is InChI=1S/C7H7N3O/c1-11-5-2-3-6-7(4-5)9-10-8-6/h2-4H,1H3,(H,8,9,10). The fourth-order valence-corrected chi connectivity index (χ4v) is 0.948. The van der Waals surface area contributed by atoms with E-state index in [1.807, 2.05) is 18.2 Å². The van der Waals surface area contributed by atoms with Crippen LogP contribution in [-0.4, -0.2) is 22.5 Å². The maximum atomic E-state index is 5.01. The van der Waals surface area contributed by atoms with Crippen LogP contribution in [0.25, 0.3) is 11.0 Å². The van der Waals surface area contributed by atoms with Gasteiger partial charge in [0.2, 0.25) is 0 Å². The lowest BCUT2D eigenvalue weighted by molar-refractivity contribution is 0.415. The van der Waals surface area contributed by atoms with Gasteiger partial charge in [0.05, 0.1) is 12.6 Å². The molecule has 0 aliphatic heterocycles. The highest BCUT2D eigenvalue weighted by Gasteiger charge is 1.97. The molecule has 0 atom stereocenters. The molecule has 1 N–H and O–H groups in total. The molecule has 1 aromatic carbocycles. The van der Waals surface area contributed by atoms with Gasteiger partial charge in [0.25, 0.3) is 0 Å². The summed E-state index contributed by atoms with van der Waals surface area (Å²) >= 11 is 0. The Bertz CT molecular complexity index is 368. The predicted molar refractivity (Wildman–Crippen MR) is 40.4 cm³/mol. The van der Waals surface area contributed by atoms with E-state index in [0.29, 0.717) is 0 Å². The van der Waals surface area contributed by atoms with Gasteiger partial charge in [-0.15, -0.1) is 5.10 Å². The summed E-state index contributed by atoms with van der Waals surface area (Å²) in [6.07, 6.45) is 0. The van der Waals surface area contributed by atoms with Gasteiger partial charge in [-0.05, 0) is 12.1 Å². The molecule has 4 nitrogen and oxygen atoms in total. The molecule has 1 heterocycles. The van der Waals surface area contributed by atoms with Crippen LogP contribution in [0.3, 0.4) is 0 Å². The average molecular weight is 149 g/mol. The molecule has 0 radical (unpaired) electrons. The van der Waals surface area contributed by atoms with Crippen molar-refractivity contribution in [2.75, 3.05) is 7.11 Å². The summed E-state index contributed by atoms with van der Waals surface area (Å²) in [6.45, 7) is 0. The van der Waals surface area contributed by atoms with E-state index in [0.717, 1.165) is 16.8 Å². The number of fused-ring (bicyclic) bond motifs is 1. The van der Waals surface area contributed by atoms with Crippen molar-refractivity contribution in [2.24, 2.45) is 0 Å². The van der Waals surface area contributed by atoms with Gasteiger partial charge in [-0.1, -0.05) is 5.21 Å². The average Bonchev–Trinajstić information content (AvgIpc) is 2.50. The topological polar surface area (TPSA) is 50.8 Å². The fourth-order valence-electron chi connectivity index (χ4n) is 0.948. The van der Waals surface area contributed by atoms with Crippen LogP contribution in [0.2, 0.25) is 0 Å². The Morgan fingerprint density at radius 3 is 3.18 bits per heavy atom. The highest BCUT2D eigenvalue weighted by Crippen LogP contribution is 2.15. The third-order valence-corrected chi connectivity index (χ3v) is 1.53. The first-order chi connectivity index (χ1) is 5.40. The van der Waals surface area contributed by atoms with Gasteiger partial charge in [-0.25, -0.2) is 0 Å². The summed E-state index contributed by atoms with van der Waals surface area (Å²) in [4.78, 5) is 0. The van der Waals surface area contributed by atoms with E-state index >= 15 is 0 Å². The van der Waals surface area contributed by atoms with E-state index in [-0.39, 0.29) is 0 Å². The minimum absolute atomic E-state index is 0.798. The molecular formula is C7H7N3O. The number of aromatic nitrogens is 3. The second-order valence-electron chi connectivity index (χ2n) is 2.19. The summed E-state index contributed by atoms with van der Waals surface area (Å²) in [7, 11) is 1.63. The minimum atomic E-state index is 0.798. The summed E-state index contributed by atoms with van der Waals surface area (Å²) in [5, 5.41) is 10.2. The van der Waals surface area contributed by atoms with E-state index in [1.165, 1.54) is 0 Å². The number of methoxy groups -OCH3 is 1. The van der Waals surface area contributed by atoms with Crippen LogP contribution < -0.4 is 4.74 Å². The van der Waals surface area contributed by atoms with Gasteiger partial charge in [-0.3, -0.25) is 5.10 Å². The minimum Gasteiger partial charge on any atom is -0.497 e. The maximum Gasteiger partial charge on any atom is 0.121 e. The lowest BCUT2D eigenvalue weighted by Crippen LogP contribution is -1.81. The molecule has 0 aliphatic rings. The summed E-state index contributed by atoms with van der Waals surface area (Å²) in [5.41, 5.74) is 1.75.